The second-order valence-electron chi connectivity index (χ2n) is 3.88. The van der Waals surface area contributed by atoms with Crippen LogP contribution >= 0.6 is 22.9 Å². The lowest BCUT2D eigenvalue weighted by Gasteiger charge is -2.03. The molecule has 0 spiro atoms. The van der Waals surface area contributed by atoms with Gasteiger partial charge in [0.2, 0.25) is 0 Å². The minimum absolute atomic E-state index is 0.338. The van der Waals surface area contributed by atoms with Crippen LogP contribution in [0, 0.1) is 6.92 Å². The van der Waals surface area contributed by atoms with Gasteiger partial charge in [0.25, 0.3) is 5.56 Å². The fourth-order valence-corrected chi connectivity index (χ4v) is 2.54. The first-order valence-electron chi connectivity index (χ1n) is 5.40. The number of halogens is 1. The average molecular weight is 286 g/mol. The van der Waals surface area contributed by atoms with E-state index in [4.69, 9.17) is 11.6 Å². The Labute approximate surface area is 112 Å². The summed E-state index contributed by atoms with van der Waals surface area (Å²) in [5, 5.41) is 2.84. The number of thiazole rings is 1. The second kappa shape index (κ2) is 5.49. The number of aryl methyl sites for hydroxylation is 3. The highest BCUT2D eigenvalue weighted by molar-refractivity contribution is 7.09. The van der Waals surface area contributed by atoms with Gasteiger partial charge in [0.05, 0.1) is 16.6 Å². The number of hydrogen-bond donors (Lipinski definition) is 1. The van der Waals surface area contributed by atoms with Gasteiger partial charge in [-0.05, 0) is 6.92 Å². The second-order valence-corrected chi connectivity index (χ2v) is 5.09. The molecule has 2 heterocycles. The van der Waals surface area contributed by atoms with E-state index in [2.05, 4.69) is 9.97 Å². The number of H-pyrrole nitrogens is 1. The molecule has 1 N–H and O–H groups in total. The first kappa shape index (κ1) is 13.0. The summed E-state index contributed by atoms with van der Waals surface area (Å²) in [5.74, 6) is 0.397. The maximum absolute atomic E-state index is 11.5. The number of aromatic amines is 1. The van der Waals surface area contributed by atoms with Crippen LogP contribution in [0.3, 0.4) is 0 Å². The monoisotopic (exact) mass is 285 g/mol. The normalized spacial score (nSPS) is 10.8. The van der Waals surface area contributed by atoms with Gasteiger partial charge in [-0.15, -0.1) is 22.9 Å². The molecule has 0 aliphatic carbocycles. The van der Waals surface area contributed by atoms with E-state index in [1.54, 1.807) is 13.1 Å². The van der Waals surface area contributed by atoms with Gasteiger partial charge in [-0.2, -0.15) is 0 Å². The van der Waals surface area contributed by atoms with Crippen molar-refractivity contribution >= 4 is 22.9 Å². The Kier molecular flexibility index (Phi) is 3.98. The summed E-state index contributed by atoms with van der Waals surface area (Å²) >= 11 is 7.19. The Morgan fingerprint density at radius 3 is 2.94 bits per heavy atom. The van der Waals surface area contributed by atoms with E-state index in [0.717, 1.165) is 10.7 Å². The lowest BCUT2D eigenvalue weighted by Crippen LogP contribution is -2.31. The van der Waals surface area contributed by atoms with E-state index < -0.39 is 0 Å². The van der Waals surface area contributed by atoms with E-state index in [0.29, 0.717) is 24.4 Å². The molecule has 0 unspecified atom stereocenters. The zero-order chi connectivity index (χ0) is 13.1. The number of hydrogen-bond acceptors (Lipinski definition) is 4. The van der Waals surface area contributed by atoms with Crippen molar-refractivity contribution in [3.05, 3.63) is 48.7 Å². The molecule has 0 radical (unpaired) electrons. The molecule has 18 heavy (non-hydrogen) atoms. The molecule has 2 aromatic rings. The topological polar surface area (TPSA) is 67.8 Å². The van der Waals surface area contributed by atoms with E-state index in [1.807, 2.05) is 5.38 Å². The van der Waals surface area contributed by atoms with Gasteiger partial charge in [-0.3, -0.25) is 14.3 Å². The fourth-order valence-electron chi connectivity index (χ4n) is 1.53. The standard InChI is InChI=1S/C11H12ClN3O2S/c1-7-5-15(11(17)14-10(7)16)3-2-9-13-8(4-12)6-18-9/h5-6H,2-4H2,1H3,(H,14,16,17). The molecule has 0 aromatic carbocycles. The van der Waals surface area contributed by atoms with Gasteiger partial charge in [0.15, 0.2) is 0 Å². The summed E-state index contributed by atoms with van der Waals surface area (Å²) in [6.45, 7) is 2.16. The van der Waals surface area contributed by atoms with Crippen molar-refractivity contribution in [3.8, 4) is 0 Å². The summed E-state index contributed by atoms with van der Waals surface area (Å²) in [7, 11) is 0. The largest absolute Gasteiger partial charge is 0.328 e. The van der Waals surface area contributed by atoms with Crippen LogP contribution < -0.4 is 11.2 Å². The molecule has 0 saturated carbocycles. The molecular weight excluding hydrogens is 274 g/mol. The maximum atomic E-state index is 11.5. The van der Waals surface area contributed by atoms with Gasteiger partial charge >= 0.3 is 5.69 Å². The van der Waals surface area contributed by atoms with E-state index >= 15 is 0 Å². The first-order valence-corrected chi connectivity index (χ1v) is 6.81. The SMILES string of the molecule is Cc1cn(CCc2nc(CCl)cs2)c(=O)[nH]c1=O. The van der Waals surface area contributed by atoms with Crippen LogP contribution in [0.4, 0.5) is 0 Å². The van der Waals surface area contributed by atoms with E-state index in [-0.39, 0.29) is 11.2 Å². The Hall–Kier alpha value is -1.40. The summed E-state index contributed by atoms with van der Waals surface area (Å²) in [6, 6.07) is 0. The Balaban J connectivity index is 2.13. The van der Waals surface area contributed by atoms with Crippen LogP contribution in [-0.2, 0) is 18.8 Å². The van der Waals surface area contributed by atoms with Crippen molar-refractivity contribution in [1.82, 2.24) is 14.5 Å². The van der Waals surface area contributed by atoms with Crippen molar-refractivity contribution in [2.45, 2.75) is 25.8 Å². The molecule has 2 rings (SSSR count). The molecule has 2 aromatic heterocycles. The smallest absolute Gasteiger partial charge is 0.300 e. The quantitative estimate of drug-likeness (QED) is 0.861. The van der Waals surface area contributed by atoms with Crippen molar-refractivity contribution < 1.29 is 0 Å². The molecule has 0 amide bonds. The van der Waals surface area contributed by atoms with Crippen LogP contribution in [-0.4, -0.2) is 14.5 Å². The molecule has 96 valence electrons. The maximum Gasteiger partial charge on any atom is 0.328 e. The Morgan fingerprint density at radius 2 is 2.28 bits per heavy atom. The van der Waals surface area contributed by atoms with Crippen molar-refractivity contribution in [3.63, 3.8) is 0 Å². The minimum atomic E-state index is -0.389. The average Bonchev–Trinajstić information content (AvgIpc) is 2.80. The number of nitrogens with zero attached hydrogens (tertiary/aromatic N) is 2. The third-order valence-electron chi connectivity index (χ3n) is 2.49. The third kappa shape index (κ3) is 2.88. The lowest BCUT2D eigenvalue weighted by atomic mass is 10.3. The first-order chi connectivity index (χ1) is 8.60. The zero-order valence-electron chi connectivity index (χ0n) is 9.77. The summed E-state index contributed by atoms with van der Waals surface area (Å²) in [4.78, 5) is 29.3. The number of alkyl halides is 1. The van der Waals surface area contributed by atoms with Crippen LogP contribution in [0.1, 0.15) is 16.3 Å². The summed E-state index contributed by atoms with van der Waals surface area (Å²) < 4.78 is 1.48. The number of rotatable bonds is 4. The predicted molar refractivity (Wildman–Crippen MR) is 71.4 cm³/mol. The van der Waals surface area contributed by atoms with E-state index in [9.17, 15) is 9.59 Å². The van der Waals surface area contributed by atoms with Crippen LogP contribution in [0.25, 0.3) is 0 Å². The van der Waals surface area contributed by atoms with Crippen LogP contribution in [0.2, 0.25) is 0 Å². The molecule has 0 saturated heterocycles. The molecule has 0 fully saturated rings. The molecule has 0 atom stereocenters. The highest BCUT2D eigenvalue weighted by Gasteiger charge is 2.04. The van der Waals surface area contributed by atoms with Gasteiger partial charge in [-0.25, -0.2) is 9.78 Å². The van der Waals surface area contributed by atoms with Crippen LogP contribution in [0.15, 0.2) is 21.2 Å². The molecule has 7 heteroatoms. The lowest BCUT2D eigenvalue weighted by molar-refractivity contribution is 0.638. The van der Waals surface area contributed by atoms with Crippen molar-refractivity contribution in [2.75, 3.05) is 0 Å². The minimum Gasteiger partial charge on any atom is -0.300 e. The highest BCUT2D eigenvalue weighted by atomic mass is 35.5. The molecule has 0 aliphatic rings. The van der Waals surface area contributed by atoms with Gasteiger partial charge in [0, 0.05) is 30.1 Å². The van der Waals surface area contributed by atoms with Crippen molar-refractivity contribution in [2.24, 2.45) is 0 Å². The van der Waals surface area contributed by atoms with Crippen LogP contribution in [0.5, 0.6) is 0 Å². The number of aromatic nitrogens is 3. The summed E-state index contributed by atoms with van der Waals surface area (Å²) in [5.41, 5.74) is 0.645. The zero-order valence-corrected chi connectivity index (χ0v) is 11.3. The fraction of sp³-hybridized carbons (Fsp3) is 0.364. The Bertz CT molecular complexity index is 659. The molecule has 0 bridgehead atoms. The Morgan fingerprint density at radius 1 is 1.50 bits per heavy atom. The predicted octanol–water partition coefficient (Wildman–Crippen LogP) is 1.28. The molecular formula is C11H12ClN3O2S. The molecule has 0 aliphatic heterocycles. The van der Waals surface area contributed by atoms with Gasteiger partial charge in [0.1, 0.15) is 0 Å². The van der Waals surface area contributed by atoms with Gasteiger partial charge in [-0.1, -0.05) is 0 Å². The molecule has 5 nitrogen and oxygen atoms in total. The van der Waals surface area contributed by atoms with Gasteiger partial charge < -0.3 is 0 Å². The summed E-state index contributed by atoms with van der Waals surface area (Å²) in [6.07, 6.45) is 2.21. The van der Waals surface area contributed by atoms with Crippen molar-refractivity contribution in [1.29, 1.82) is 0 Å². The highest BCUT2D eigenvalue weighted by Crippen LogP contribution is 2.12. The third-order valence-corrected chi connectivity index (χ3v) is 3.72. The number of nitrogens with one attached hydrogen (secondary N) is 1. The van der Waals surface area contributed by atoms with E-state index in [1.165, 1.54) is 15.9 Å².